The van der Waals surface area contributed by atoms with Gasteiger partial charge in [0.15, 0.2) is 0 Å². The van der Waals surface area contributed by atoms with Gasteiger partial charge in [-0.1, -0.05) is 37.1 Å². The zero-order chi connectivity index (χ0) is 14.5. The molecule has 0 N–H and O–H groups in total. The molecule has 0 atom stereocenters. The Labute approximate surface area is 127 Å². The Morgan fingerprint density at radius 3 is 2.43 bits per heavy atom. The van der Waals surface area contributed by atoms with E-state index in [4.69, 9.17) is 0 Å². The maximum absolute atomic E-state index is 12.4. The van der Waals surface area contributed by atoms with Crippen LogP contribution < -0.4 is 0 Å². The summed E-state index contributed by atoms with van der Waals surface area (Å²) in [6, 6.07) is 8.51. The molecule has 0 aromatic heterocycles. The molecule has 3 nitrogen and oxygen atoms in total. The van der Waals surface area contributed by atoms with Gasteiger partial charge in [0, 0.05) is 26.1 Å². The first-order valence-electron chi connectivity index (χ1n) is 8.40. The van der Waals surface area contributed by atoms with Gasteiger partial charge in [0.2, 0.25) is 5.91 Å². The van der Waals surface area contributed by atoms with Crippen LogP contribution in [-0.4, -0.2) is 41.9 Å². The minimum absolute atomic E-state index is 0.328. The number of nitrogens with zero attached hydrogens (tertiary/aromatic N) is 2. The SMILES string of the molecule is O=C(CCN1CCCCCC1)N1CCc2ccccc2C1. The van der Waals surface area contributed by atoms with Crippen LogP contribution in [-0.2, 0) is 17.8 Å². The molecular formula is C18H26N2O. The lowest BCUT2D eigenvalue weighted by Gasteiger charge is -2.30. The molecule has 0 unspecified atom stereocenters. The van der Waals surface area contributed by atoms with Crippen LogP contribution in [0.2, 0.25) is 0 Å². The molecule has 0 spiro atoms. The predicted molar refractivity (Wildman–Crippen MR) is 85.1 cm³/mol. The molecule has 2 aliphatic heterocycles. The van der Waals surface area contributed by atoms with E-state index in [2.05, 4.69) is 29.2 Å². The highest BCUT2D eigenvalue weighted by atomic mass is 16.2. The molecule has 0 aliphatic carbocycles. The Bertz CT molecular complexity index is 478. The number of fused-ring (bicyclic) bond motifs is 1. The van der Waals surface area contributed by atoms with E-state index in [0.29, 0.717) is 12.3 Å². The highest BCUT2D eigenvalue weighted by Gasteiger charge is 2.20. The molecule has 3 rings (SSSR count). The number of benzene rings is 1. The molecule has 1 saturated heterocycles. The third-order valence-corrected chi connectivity index (χ3v) is 4.82. The normalized spacial score (nSPS) is 19.9. The fourth-order valence-electron chi connectivity index (χ4n) is 3.48. The number of hydrogen-bond acceptors (Lipinski definition) is 2. The van der Waals surface area contributed by atoms with Crippen LogP contribution in [0.1, 0.15) is 43.2 Å². The Hall–Kier alpha value is -1.35. The number of likely N-dealkylation sites (tertiary alicyclic amines) is 1. The molecule has 0 saturated carbocycles. The summed E-state index contributed by atoms with van der Waals surface area (Å²) >= 11 is 0. The van der Waals surface area contributed by atoms with Gasteiger partial charge in [-0.2, -0.15) is 0 Å². The molecule has 1 aromatic carbocycles. The van der Waals surface area contributed by atoms with Crippen molar-refractivity contribution in [1.82, 2.24) is 9.80 Å². The van der Waals surface area contributed by atoms with Crippen molar-refractivity contribution >= 4 is 5.91 Å². The summed E-state index contributed by atoms with van der Waals surface area (Å²) in [5.74, 6) is 0.328. The van der Waals surface area contributed by atoms with Crippen molar-refractivity contribution in [3.05, 3.63) is 35.4 Å². The topological polar surface area (TPSA) is 23.6 Å². The summed E-state index contributed by atoms with van der Waals surface area (Å²) in [5, 5.41) is 0. The fourth-order valence-corrected chi connectivity index (χ4v) is 3.48. The summed E-state index contributed by atoms with van der Waals surface area (Å²) in [4.78, 5) is 17.0. The van der Waals surface area contributed by atoms with Crippen LogP contribution in [0.5, 0.6) is 0 Å². The van der Waals surface area contributed by atoms with Crippen LogP contribution >= 0.6 is 0 Å². The first kappa shape index (κ1) is 14.6. The predicted octanol–water partition coefficient (Wildman–Crippen LogP) is 2.84. The lowest BCUT2D eigenvalue weighted by Crippen LogP contribution is -2.38. The van der Waals surface area contributed by atoms with Crippen molar-refractivity contribution in [2.24, 2.45) is 0 Å². The zero-order valence-corrected chi connectivity index (χ0v) is 12.9. The Morgan fingerprint density at radius 2 is 1.67 bits per heavy atom. The molecule has 114 valence electrons. The molecule has 0 radical (unpaired) electrons. The minimum Gasteiger partial charge on any atom is -0.338 e. The first-order chi connectivity index (χ1) is 10.3. The van der Waals surface area contributed by atoms with Crippen LogP contribution in [0.25, 0.3) is 0 Å². The number of carbonyl (C=O) groups is 1. The van der Waals surface area contributed by atoms with E-state index in [9.17, 15) is 4.79 Å². The summed E-state index contributed by atoms with van der Waals surface area (Å²) in [6.07, 6.45) is 6.99. The van der Waals surface area contributed by atoms with Gasteiger partial charge in [0.05, 0.1) is 0 Å². The Balaban J connectivity index is 1.50. The average molecular weight is 286 g/mol. The van der Waals surface area contributed by atoms with Gasteiger partial charge in [-0.25, -0.2) is 0 Å². The van der Waals surface area contributed by atoms with E-state index in [1.165, 1.54) is 49.9 Å². The van der Waals surface area contributed by atoms with Gasteiger partial charge in [-0.15, -0.1) is 0 Å². The highest BCUT2D eigenvalue weighted by Crippen LogP contribution is 2.19. The zero-order valence-electron chi connectivity index (χ0n) is 12.9. The van der Waals surface area contributed by atoms with Crippen molar-refractivity contribution < 1.29 is 4.79 Å². The van der Waals surface area contributed by atoms with Gasteiger partial charge in [-0.3, -0.25) is 4.79 Å². The Kier molecular flexibility index (Phi) is 4.91. The molecule has 2 aliphatic rings. The van der Waals surface area contributed by atoms with E-state index in [1.807, 2.05) is 4.90 Å². The largest absolute Gasteiger partial charge is 0.338 e. The van der Waals surface area contributed by atoms with Crippen LogP contribution in [0.4, 0.5) is 0 Å². The molecule has 1 fully saturated rings. The van der Waals surface area contributed by atoms with Crippen molar-refractivity contribution in [3.8, 4) is 0 Å². The molecule has 2 heterocycles. The summed E-state index contributed by atoms with van der Waals surface area (Å²) in [7, 11) is 0. The average Bonchev–Trinajstić information content (AvgIpc) is 2.81. The molecule has 21 heavy (non-hydrogen) atoms. The summed E-state index contributed by atoms with van der Waals surface area (Å²) in [5.41, 5.74) is 2.74. The van der Waals surface area contributed by atoms with E-state index in [1.54, 1.807) is 0 Å². The minimum atomic E-state index is 0.328. The maximum atomic E-state index is 12.4. The van der Waals surface area contributed by atoms with Crippen molar-refractivity contribution in [2.45, 2.75) is 45.1 Å². The third-order valence-electron chi connectivity index (χ3n) is 4.82. The molecule has 1 aromatic rings. The van der Waals surface area contributed by atoms with E-state index < -0.39 is 0 Å². The van der Waals surface area contributed by atoms with Crippen molar-refractivity contribution in [2.75, 3.05) is 26.2 Å². The van der Waals surface area contributed by atoms with E-state index in [0.717, 1.165) is 26.1 Å². The quantitative estimate of drug-likeness (QED) is 0.853. The standard InChI is InChI=1S/C18H26N2O/c21-18(10-13-19-11-5-1-2-6-12-19)20-14-9-16-7-3-4-8-17(16)15-20/h3-4,7-8H,1-2,5-6,9-15H2. The van der Waals surface area contributed by atoms with Crippen molar-refractivity contribution in [3.63, 3.8) is 0 Å². The number of amides is 1. The van der Waals surface area contributed by atoms with Crippen LogP contribution in [0.3, 0.4) is 0 Å². The summed E-state index contributed by atoms with van der Waals surface area (Å²) in [6.45, 7) is 4.98. The smallest absolute Gasteiger partial charge is 0.224 e. The van der Waals surface area contributed by atoms with E-state index in [-0.39, 0.29) is 0 Å². The van der Waals surface area contributed by atoms with E-state index >= 15 is 0 Å². The lowest BCUT2D eigenvalue weighted by atomic mass is 10.00. The molecular weight excluding hydrogens is 260 g/mol. The van der Waals surface area contributed by atoms with Crippen LogP contribution in [0, 0.1) is 0 Å². The number of carbonyl (C=O) groups excluding carboxylic acids is 1. The van der Waals surface area contributed by atoms with Gasteiger partial charge >= 0.3 is 0 Å². The second-order valence-electron chi connectivity index (χ2n) is 6.34. The number of hydrogen-bond donors (Lipinski definition) is 0. The van der Waals surface area contributed by atoms with Crippen molar-refractivity contribution in [1.29, 1.82) is 0 Å². The lowest BCUT2D eigenvalue weighted by molar-refractivity contribution is -0.132. The van der Waals surface area contributed by atoms with Gasteiger partial charge in [0.25, 0.3) is 0 Å². The molecule has 3 heteroatoms. The summed E-state index contributed by atoms with van der Waals surface area (Å²) < 4.78 is 0. The monoisotopic (exact) mass is 286 g/mol. The highest BCUT2D eigenvalue weighted by molar-refractivity contribution is 5.76. The van der Waals surface area contributed by atoms with Gasteiger partial charge in [-0.05, 0) is 43.5 Å². The maximum Gasteiger partial charge on any atom is 0.224 e. The first-order valence-corrected chi connectivity index (χ1v) is 8.40. The second-order valence-corrected chi connectivity index (χ2v) is 6.34. The molecule has 0 bridgehead atoms. The van der Waals surface area contributed by atoms with Crippen LogP contribution in [0.15, 0.2) is 24.3 Å². The molecule has 1 amide bonds. The van der Waals surface area contributed by atoms with Gasteiger partial charge < -0.3 is 9.80 Å². The fraction of sp³-hybridized carbons (Fsp3) is 0.611. The Morgan fingerprint density at radius 1 is 0.952 bits per heavy atom. The third kappa shape index (κ3) is 3.85. The second kappa shape index (κ2) is 7.08. The number of rotatable bonds is 3. The van der Waals surface area contributed by atoms with Gasteiger partial charge in [0.1, 0.15) is 0 Å².